The number of rotatable bonds is 11. The number of nitro benzene ring substituents is 1. The van der Waals surface area contributed by atoms with Crippen LogP contribution in [0.5, 0.6) is 11.5 Å². The van der Waals surface area contributed by atoms with Crippen LogP contribution in [0.3, 0.4) is 0 Å². The van der Waals surface area contributed by atoms with Gasteiger partial charge in [-0.25, -0.2) is 8.42 Å². The van der Waals surface area contributed by atoms with Gasteiger partial charge in [-0.3, -0.25) is 14.9 Å². The molecule has 0 aliphatic carbocycles. The predicted molar refractivity (Wildman–Crippen MR) is 129 cm³/mol. The molecule has 0 radical (unpaired) electrons. The molecule has 0 aliphatic rings. The number of amides is 1. The zero-order valence-corrected chi connectivity index (χ0v) is 21.0. The molecule has 0 aromatic heterocycles. The quantitative estimate of drug-likeness (QED) is 0.367. The summed E-state index contributed by atoms with van der Waals surface area (Å²) in [5.41, 5.74) is -0.390. The van der Waals surface area contributed by atoms with Crippen LogP contribution in [0.4, 0.5) is 11.4 Å². The second-order valence-corrected chi connectivity index (χ2v) is 10.5. The van der Waals surface area contributed by atoms with E-state index in [-0.39, 0.29) is 39.5 Å². The smallest absolute Gasteiger partial charge is 0.286 e. The van der Waals surface area contributed by atoms with Crippen molar-refractivity contribution in [2.24, 2.45) is 11.8 Å². The standard InChI is InChI=1S/C23H31N3O7S/c1-15(2)13-25(14-16(3)4)34(30,31)18-9-7-17(8-10-18)24-23(27)19-11-21(32-5)22(33-6)12-20(19)26(28)29/h7-12,15-16H,13-14H2,1-6H3,(H,24,27). The molecule has 0 saturated heterocycles. The Balaban J connectivity index is 2.32. The highest BCUT2D eigenvalue weighted by Gasteiger charge is 2.27. The van der Waals surface area contributed by atoms with Crippen LogP contribution in [0.25, 0.3) is 0 Å². The summed E-state index contributed by atoms with van der Waals surface area (Å²) >= 11 is 0. The fourth-order valence-corrected chi connectivity index (χ4v) is 5.11. The van der Waals surface area contributed by atoms with Gasteiger partial charge in [0, 0.05) is 24.8 Å². The van der Waals surface area contributed by atoms with Gasteiger partial charge in [-0.15, -0.1) is 0 Å². The molecule has 1 amide bonds. The Kier molecular flexibility index (Phi) is 9.00. The molecule has 34 heavy (non-hydrogen) atoms. The van der Waals surface area contributed by atoms with Crippen molar-refractivity contribution in [1.29, 1.82) is 0 Å². The van der Waals surface area contributed by atoms with E-state index in [4.69, 9.17) is 9.47 Å². The van der Waals surface area contributed by atoms with Gasteiger partial charge in [0.05, 0.1) is 30.1 Å². The van der Waals surface area contributed by atoms with E-state index in [1.165, 1.54) is 48.9 Å². The van der Waals surface area contributed by atoms with Gasteiger partial charge < -0.3 is 14.8 Å². The fraction of sp³-hybridized carbons (Fsp3) is 0.435. The van der Waals surface area contributed by atoms with Crippen LogP contribution >= 0.6 is 0 Å². The van der Waals surface area contributed by atoms with Crippen LogP contribution in [-0.4, -0.2) is 50.9 Å². The van der Waals surface area contributed by atoms with E-state index in [0.717, 1.165) is 6.07 Å². The first-order valence-electron chi connectivity index (χ1n) is 10.7. The van der Waals surface area contributed by atoms with Gasteiger partial charge in [0.15, 0.2) is 11.5 Å². The van der Waals surface area contributed by atoms with Gasteiger partial charge in [0.1, 0.15) is 5.56 Å². The Labute approximate surface area is 200 Å². The summed E-state index contributed by atoms with van der Waals surface area (Å²) in [6, 6.07) is 8.03. The van der Waals surface area contributed by atoms with E-state index in [9.17, 15) is 23.3 Å². The molecule has 11 heteroatoms. The maximum absolute atomic E-state index is 13.1. The lowest BCUT2D eigenvalue weighted by Crippen LogP contribution is -2.37. The molecule has 2 aromatic carbocycles. The van der Waals surface area contributed by atoms with Crippen LogP contribution in [0.15, 0.2) is 41.3 Å². The largest absolute Gasteiger partial charge is 0.493 e. The Morgan fingerprint density at radius 1 is 1.00 bits per heavy atom. The predicted octanol–water partition coefficient (Wildman–Crippen LogP) is 4.17. The molecule has 2 rings (SSSR count). The zero-order valence-electron chi connectivity index (χ0n) is 20.2. The highest BCUT2D eigenvalue weighted by molar-refractivity contribution is 7.89. The lowest BCUT2D eigenvalue weighted by molar-refractivity contribution is -0.385. The average Bonchev–Trinajstić information content (AvgIpc) is 2.77. The van der Waals surface area contributed by atoms with Gasteiger partial charge in [0.2, 0.25) is 10.0 Å². The number of nitro groups is 1. The molecule has 0 bridgehead atoms. The summed E-state index contributed by atoms with van der Waals surface area (Å²) < 4.78 is 38.0. The second kappa shape index (κ2) is 11.3. The van der Waals surface area contributed by atoms with Crippen molar-refractivity contribution in [1.82, 2.24) is 4.31 Å². The summed E-state index contributed by atoms with van der Waals surface area (Å²) in [5, 5.41) is 14.0. The summed E-state index contributed by atoms with van der Waals surface area (Å²) in [6.07, 6.45) is 0. The second-order valence-electron chi connectivity index (χ2n) is 8.57. The van der Waals surface area contributed by atoms with Crippen molar-refractivity contribution in [3.63, 3.8) is 0 Å². The number of sulfonamides is 1. The summed E-state index contributed by atoms with van der Waals surface area (Å²) in [7, 11) is -1.04. The number of methoxy groups -OCH3 is 2. The van der Waals surface area contributed by atoms with Crippen molar-refractivity contribution in [3.05, 3.63) is 52.1 Å². The fourth-order valence-electron chi connectivity index (χ4n) is 3.34. The molecule has 10 nitrogen and oxygen atoms in total. The molecule has 0 heterocycles. The van der Waals surface area contributed by atoms with E-state index >= 15 is 0 Å². The Morgan fingerprint density at radius 3 is 1.94 bits per heavy atom. The van der Waals surface area contributed by atoms with E-state index in [1.54, 1.807) is 0 Å². The van der Waals surface area contributed by atoms with Crippen molar-refractivity contribution in [2.45, 2.75) is 32.6 Å². The first kappa shape index (κ1) is 27.1. The van der Waals surface area contributed by atoms with Crippen LogP contribution < -0.4 is 14.8 Å². The first-order valence-corrected chi connectivity index (χ1v) is 12.2. The minimum absolute atomic E-state index is 0.101. The number of anilines is 1. The SMILES string of the molecule is COc1cc(C(=O)Nc2ccc(S(=O)(=O)N(CC(C)C)CC(C)C)cc2)c([N+](=O)[O-])cc1OC. The summed E-state index contributed by atoms with van der Waals surface area (Å²) in [6.45, 7) is 8.59. The highest BCUT2D eigenvalue weighted by Crippen LogP contribution is 2.35. The molecule has 0 fully saturated rings. The lowest BCUT2D eigenvalue weighted by Gasteiger charge is -2.25. The third-order valence-electron chi connectivity index (χ3n) is 4.83. The Bertz CT molecular complexity index is 1120. The van der Waals surface area contributed by atoms with E-state index in [0.29, 0.717) is 13.1 Å². The molecular weight excluding hydrogens is 462 g/mol. The molecular formula is C23H31N3O7S. The van der Waals surface area contributed by atoms with Crippen molar-refractivity contribution in [3.8, 4) is 11.5 Å². The number of hydrogen-bond acceptors (Lipinski definition) is 7. The molecule has 0 saturated carbocycles. The van der Waals surface area contributed by atoms with E-state index < -0.39 is 26.5 Å². The van der Waals surface area contributed by atoms with E-state index in [2.05, 4.69) is 5.32 Å². The van der Waals surface area contributed by atoms with E-state index in [1.807, 2.05) is 27.7 Å². The molecule has 186 valence electrons. The highest BCUT2D eigenvalue weighted by atomic mass is 32.2. The number of benzene rings is 2. The van der Waals surface area contributed by atoms with Gasteiger partial charge in [-0.2, -0.15) is 4.31 Å². The summed E-state index contributed by atoms with van der Waals surface area (Å²) in [4.78, 5) is 23.7. The topological polar surface area (TPSA) is 128 Å². The minimum atomic E-state index is -3.72. The monoisotopic (exact) mass is 493 g/mol. The third-order valence-corrected chi connectivity index (χ3v) is 6.68. The third kappa shape index (κ3) is 6.45. The molecule has 0 unspecified atom stereocenters. The van der Waals surface area contributed by atoms with Crippen molar-refractivity contribution in [2.75, 3.05) is 32.6 Å². The van der Waals surface area contributed by atoms with Gasteiger partial charge in [0.25, 0.3) is 11.6 Å². The first-order chi connectivity index (χ1) is 15.9. The van der Waals surface area contributed by atoms with Crippen LogP contribution in [-0.2, 0) is 10.0 Å². The van der Waals surface area contributed by atoms with Gasteiger partial charge >= 0.3 is 0 Å². The van der Waals surface area contributed by atoms with Crippen LogP contribution in [0.2, 0.25) is 0 Å². The maximum atomic E-state index is 13.1. The number of nitrogens with one attached hydrogen (secondary N) is 1. The van der Waals surface area contributed by atoms with Crippen molar-refractivity contribution >= 4 is 27.3 Å². The van der Waals surface area contributed by atoms with Crippen LogP contribution in [0, 0.1) is 22.0 Å². The number of hydrogen-bond donors (Lipinski definition) is 1. The molecule has 0 spiro atoms. The number of nitrogens with zero attached hydrogens (tertiary/aromatic N) is 2. The average molecular weight is 494 g/mol. The minimum Gasteiger partial charge on any atom is -0.493 e. The molecule has 1 N–H and O–H groups in total. The van der Waals surface area contributed by atoms with Gasteiger partial charge in [-0.1, -0.05) is 27.7 Å². The Morgan fingerprint density at radius 2 is 1.50 bits per heavy atom. The normalized spacial score (nSPS) is 11.7. The lowest BCUT2D eigenvalue weighted by atomic mass is 10.1. The zero-order chi connectivity index (χ0) is 25.6. The molecule has 0 atom stereocenters. The van der Waals surface area contributed by atoms with Crippen molar-refractivity contribution < 1.29 is 27.6 Å². The maximum Gasteiger partial charge on any atom is 0.286 e. The summed E-state index contributed by atoms with van der Waals surface area (Å²) in [5.74, 6) is -0.152. The number of ether oxygens (including phenoxy) is 2. The number of carbonyl (C=O) groups excluding carboxylic acids is 1. The Hall–Kier alpha value is -3.18. The van der Waals surface area contributed by atoms with Crippen LogP contribution in [0.1, 0.15) is 38.1 Å². The van der Waals surface area contributed by atoms with Gasteiger partial charge in [-0.05, 0) is 36.1 Å². The molecule has 2 aromatic rings. The molecule has 0 aliphatic heterocycles. The number of carbonyl (C=O) groups is 1.